The minimum Gasteiger partial charge on any atom is -0.453 e. The lowest BCUT2D eigenvalue weighted by molar-refractivity contribution is -0.152. The van der Waals surface area contributed by atoms with E-state index in [9.17, 15) is 14.4 Å². The number of methoxy groups -OCH3 is 1. The van der Waals surface area contributed by atoms with Gasteiger partial charge in [-0.2, -0.15) is 0 Å². The van der Waals surface area contributed by atoms with Crippen molar-refractivity contribution < 1.29 is 23.9 Å². The highest BCUT2D eigenvalue weighted by Gasteiger charge is 2.15. The van der Waals surface area contributed by atoms with Gasteiger partial charge in [-0.05, 0) is 13.8 Å². The molecule has 0 aromatic carbocycles. The molecule has 0 fully saturated rings. The summed E-state index contributed by atoms with van der Waals surface area (Å²) in [4.78, 5) is 33.3. The maximum Gasteiger partial charge on any atom is 0.303 e. The first-order chi connectivity index (χ1) is 8.38. The van der Waals surface area contributed by atoms with Crippen LogP contribution >= 0.6 is 0 Å². The maximum atomic E-state index is 11.4. The van der Waals surface area contributed by atoms with Gasteiger partial charge in [0.05, 0.1) is 0 Å². The van der Waals surface area contributed by atoms with Gasteiger partial charge in [-0.15, -0.1) is 0 Å². The van der Waals surface area contributed by atoms with Crippen LogP contribution in [0.1, 0.15) is 20.8 Å². The minimum absolute atomic E-state index is 0.250. The summed E-state index contributed by atoms with van der Waals surface area (Å²) in [6.07, 6.45) is -1.36. The third kappa shape index (κ3) is 6.85. The molecule has 2 atom stereocenters. The predicted molar refractivity (Wildman–Crippen MR) is 63.7 cm³/mol. The van der Waals surface area contributed by atoms with E-state index < -0.39 is 24.1 Å². The number of carbonyl (C=O) groups excluding carboxylic acids is 3. The largest absolute Gasteiger partial charge is 0.453 e. The summed E-state index contributed by atoms with van der Waals surface area (Å²) in [6, 6.07) is 0. The highest BCUT2D eigenvalue weighted by atomic mass is 16.5. The summed E-state index contributed by atoms with van der Waals surface area (Å²) in [5.74, 6) is -1.17. The van der Waals surface area contributed by atoms with E-state index in [1.165, 1.54) is 21.0 Å². The van der Waals surface area contributed by atoms with Crippen molar-refractivity contribution in [3.8, 4) is 0 Å². The molecule has 2 unspecified atom stereocenters. The first kappa shape index (κ1) is 16.4. The number of ether oxygens (including phenoxy) is 2. The molecule has 2 amide bonds. The minimum atomic E-state index is -0.837. The topological polar surface area (TPSA) is 93.7 Å². The zero-order valence-corrected chi connectivity index (χ0v) is 11.1. The van der Waals surface area contributed by atoms with Gasteiger partial charge in [0, 0.05) is 27.1 Å². The van der Waals surface area contributed by atoms with Crippen LogP contribution < -0.4 is 10.6 Å². The number of hydrogen-bond donors (Lipinski definition) is 2. The maximum absolute atomic E-state index is 11.4. The molecule has 0 aromatic heterocycles. The lowest BCUT2D eigenvalue weighted by atomic mass is 10.3. The molecule has 0 spiro atoms. The van der Waals surface area contributed by atoms with Crippen molar-refractivity contribution >= 4 is 17.8 Å². The van der Waals surface area contributed by atoms with Crippen molar-refractivity contribution in [1.29, 1.82) is 0 Å². The summed E-state index contributed by atoms with van der Waals surface area (Å²) in [6.45, 7) is 4.87. The van der Waals surface area contributed by atoms with E-state index >= 15 is 0 Å². The van der Waals surface area contributed by atoms with E-state index in [4.69, 9.17) is 4.74 Å². The van der Waals surface area contributed by atoms with Crippen molar-refractivity contribution in [2.75, 3.05) is 20.2 Å². The summed E-state index contributed by atoms with van der Waals surface area (Å²) in [5, 5.41) is 5.11. The van der Waals surface area contributed by atoms with Crippen LogP contribution in [0.5, 0.6) is 0 Å². The number of amides is 2. The van der Waals surface area contributed by atoms with E-state index in [2.05, 4.69) is 15.4 Å². The standard InChI is InChI=1S/C11H20N2O5/c1-7(17-4)10(15)12-5-6-13-11(16)8(2)18-9(3)14/h7-8H,5-6H2,1-4H3,(H,12,15)(H,13,16). The molecule has 0 heterocycles. The number of rotatable bonds is 7. The van der Waals surface area contributed by atoms with E-state index in [0.717, 1.165) is 0 Å². The Labute approximate surface area is 106 Å². The van der Waals surface area contributed by atoms with Crippen molar-refractivity contribution in [2.24, 2.45) is 0 Å². The summed E-state index contributed by atoms with van der Waals surface area (Å²) < 4.78 is 9.50. The Hall–Kier alpha value is -1.63. The molecule has 7 nitrogen and oxygen atoms in total. The summed E-state index contributed by atoms with van der Waals surface area (Å²) in [5.41, 5.74) is 0. The van der Waals surface area contributed by atoms with E-state index in [0.29, 0.717) is 0 Å². The Bertz CT molecular complexity index is 306. The van der Waals surface area contributed by atoms with Crippen molar-refractivity contribution in [3.63, 3.8) is 0 Å². The second-order valence-electron chi connectivity index (χ2n) is 3.71. The van der Waals surface area contributed by atoms with Crippen molar-refractivity contribution in [3.05, 3.63) is 0 Å². The molecule has 0 rings (SSSR count). The number of esters is 1. The van der Waals surface area contributed by atoms with Crippen LogP contribution in [0.25, 0.3) is 0 Å². The molecule has 0 aliphatic heterocycles. The van der Waals surface area contributed by atoms with Crippen LogP contribution in [-0.4, -0.2) is 50.2 Å². The molecule has 0 saturated carbocycles. The SMILES string of the molecule is COC(C)C(=O)NCCNC(=O)C(C)OC(C)=O. The Balaban J connectivity index is 3.75. The van der Waals surface area contributed by atoms with Crippen LogP contribution in [-0.2, 0) is 23.9 Å². The fourth-order valence-corrected chi connectivity index (χ4v) is 1.07. The predicted octanol–water partition coefficient (Wildman–Crippen LogP) is -0.795. The molecule has 0 bridgehead atoms. The lowest BCUT2D eigenvalue weighted by Crippen LogP contribution is -2.42. The molecule has 7 heteroatoms. The molecule has 0 saturated heterocycles. The van der Waals surface area contributed by atoms with Gasteiger partial charge in [0.1, 0.15) is 6.10 Å². The normalized spacial score (nSPS) is 13.3. The highest BCUT2D eigenvalue weighted by Crippen LogP contribution is 1.91. The van der Waals surface area contributed by atoms with Crippen LogP contribution in [0.4, 0.5) is 0 Å². The summed E-state index contributed by atoms with van der Waals surface area (Å²) >= 11 is 0. The second-order valence-corrected chi connectivity index (χ2v) is 3.71. The molecule has 104 valence electrons. The molecule has 0 aliphatic rings. The molecule has 2 N–H and O–H groups in total. The van der Waals surface area contributed by atoms with Crippen molar-refractivity contribution in [2.45, 2.75) is 33.0 Å². The van der Waals surface area contributed by atoms with E-state index in [-0.39, 0.29) is 19.0 Å². The Morgan fingerprint density at radius 3 is 1.83 bits per heavy atom. The van der Waals surface area contributed by atoms with E-state index in [1.807, 2.05) is 0 Å². The third-order valence-electron chi connectivity index (χ3n) is 2.16. The lowest BCUT2D eigenvalue weighted by Gasteiger charge is -2.13. The summed E-state index contributed by atoms with van der Waals surface area (Å²) in [7, 11) is 1.44. The smallest absolute Gasteiger partial charge is 0.303 e. The Morgan fingerprint density at radius 2 is 1.44 bits per heavy atom. The molecule has 0 radical (unpaired) electrons. The Kier molecular flexibility index (Phi) is 7.69. The third-order valence-corrected chi connectivity index (χ3v) is 2.16. The van der Waals surface area contributed by atoms with Gasteiger partial charge >= 0.3 is 5.97 Å². The molecular formula is C11H20N2O5. The monoisotopic (exact) mass is 260 g/mol. The van der Waals surface area contributed by atoms with Gasteiger partial charge in [0.25, 0.3) is 5.91 Å². The average molecular weight is 260 g/mol. The molecular weight excluding hydrogens is 240 g/mol. The quantitative estimate of drug-likeness (QED) is 0.462. The van der Waals surface area contributed by atoms with E-state index in [1.54, 1.807) is 6.92 Å². The van der Waals surface area contributed by atoms with Gasteiger partial charge in [-0.3, -0.25) is 14.4 Å². The van der Waals surface area contributed by atoms with Crippen LogP contribution in [0.3, 0.4) is 0 Å². The first-order valence-electron chi connectivity index (χ1n) is 5.64. The average Bonchev–Trinajstić information content (AvgIpc) is 2.31. The van der Waals surface area contributed by atoms with Gasteiger partial charge in [0.15, 0.2) is 6.10 Å². The molecule has 18 heavy (non-hydrogen) atoms. The van der Waals surface area contributed by atoms with Gasteiger partial charge in [-0.1, -0.05) is 0 Å². The molecule has 0 aliphatic carbocycles. The Morgan fingerprint density at radius 1 is 1.00 bits per heavy atom. The number of carbonyl (C=O) groups is 3. The fourth-order valence-electron chi connectivity index (χ4n) is 1.07. The second kappa shape index (κ2) is 8.46. The number of hydrogen-bond acceptors (Lipinski definition) is 5. The number of nitrogens with one attached hydrogen (secondary N) is 2. The van der Waals surface area contributed by atoms with Crippen LogP contribution in [0, 0.1) is 0 Å². The van der Waals surface area contributed by atoms with Crippen LogP contribution in [0.2, 0.25) is 0 Å². The van der Waals surface area contributed by atoms with Crippen LogP contribution in [0.15, 0.2) is 0 Å². The van der Waals surface area contributed by atoms with Gasteiger partial charge < -0.3 is 20.1 Å². The fraction of sp³-hybridized carbons (Fsp3) is 0.727. The van der Waals surface area contributed by atoms with Crippen molar-refractivity contribution in [1.82, 2.24) is 10.6 Å². The first-order valence-corrected chi connectivity index (χ1v) is 5.64. The van der Waals surface area contributed by atoms with Gasteiger partial charge in [-0.25, -0.2) is 0 Å². The zero-order chi connectivity index (χ0) is 14.1. The molecule has 0 aromatic rings. The highest BCUT2D eigenvalue weighted by molar-refractivity contribution is 5.83. The van der Waals surface area contributed by atoms with Gasteiger partial charge in [0.2, 0.25) is 5.91 Å². The zero-order valence-electron chi connectivity index (χ0n) is 11.1.